The average molecular weight is 247 g/mol. The molecule has 0 saturated carbocycles. The molecule has 0 fully saturated rings. The zero-order valence-electron chi connectivity index (χ0n) is 9.21. The van der Waals surface area contributed by atoms with Crippen LogP contribution in [0, 0.1) is 17.5 Å². The van der Waals surface area contributed by atoms with Crippen molar-refractivity contribution in [3.8, 4) is 0 Å². The van der Waals surface area contributed by atoms with Crippen molar-refractivity contribution in [2.75, 3.05) is 19.7 Å². The molecule has 0 bridgehead atoms. The third-order valence-electron chi connectivity index (χ3n) is 2.26. The zero-order valence-corrected chi connectivity index (χ0v) is 9.21. The van der Waals surface area contributed by atoms with E-state index in [1.54, 1.807) is 6.92 Å². The highest BCUT2D eigenvalue weighted by atomic mass is 19.1. The molecule has 0 heterocycles. The Morgan fingerprint density at radius 3 is 2.24 bits per heavy atom. The molecule has 0 aromatic heterocycles. The molecule has 1 amide bonds. The minimum Gasteiger partial charge on any atom is -0.395 e. The van der Waals surface area contributed by atoms with Crippen LogP contribution in [-0.4, -0.2) is 35.6 Å². The first-order chi connectivity index (χ1) is 8.01. The van der Waals surface area contributed by atoms with Crippen LogP contribution in [0.25, 0.3) is 0 Å². The molecule has 3 nitrogen and oxygen atoms in total. The van der Waals surface area contributed by atoms with Crippen molar-refractivity contribution in [3.63, 3.8) is 0 Å². The average Bonchev–Trinajstić information content (AvgIpc) is 2.24. The van der Waals surface area contributed by atoms with E-state index in [9.17, 15) is 18.0 Å². The number of benzene rings is 1. The van der Waals surface area contributed by atoms with Gasteiger partial charge in [-0.25, -0.2) is 13.2 Å². The maximum Gasteiger partial charge on any atom is 0.259 e. The van der Waals surface area contributed by atoms with E-state index >= 15 is 0 Å². The molecule has 1 N–H and O–H groups in total. The molecular weight excluding hydrogens is 235 g/mol. The van der Waals surface area contributed by atoms with E-state index in [4.69, 9.17) is 5.11 Å². The van der Waals surface area contributed by atoms with E-state index in [0.717, 1.165) is 4.90 Å². The summed E-state index contributed by atoms with van der Waals surface area (Å²) < 4.78 is 39.3. The molecular formula is C11H12F3NO2. The summed E-state index contributed by atoms with van der Waals surface area (Å²) in [5.74, 6) is -4.48. The lowest BCUT2D eigenvalue weighted by molar-refractivity contribution is 0.0722. The second-order valence-electron chi connectivity index (χ2n) is 3.35. The van der Waals surface area contributed by atoms with Crippen LogP contribution in [0.2, 0.25) is 0 Å². The number of hydrogen-bond acceptors (Lipinski definition) is 2. The van der Waals surface area contributed by atoms with Gasteiger partial charge in [0.1, 0.15) is 23.0 Å². The van der Waals surface area contributed by atoms with E-state index in [-0.39, 0.29) is 19.7 Å². The lowest BCUT2D eigenvalue weighted by Crippen LogP contribution is -2.34. The Morgan fingerprint density at radius 1 is 1.29 bits per heavy atom. The summed E-state index contributed by atoms with van der Waals surface area (Å²) in [5.41, 5.74) is -0.804. The second-order valence-corrected chi connectivity index (χ2v) is 3.35. The maximum atomic E-state index is 13.3. The molecule has 0 aliphatic carbocycles. The number of aliphatic hydroxyl groups excluding tert-OH is 1. The molecule has 6 heteroatoms. The van der Waals surface area contributed by atoms with Crippen LogP contribution in [-0.2, 0) is 0 Å². The standard InChI is InChI=1S/C11H12F3NO2/c1-2-15(3-4-16)11(17)10-8(13)5-7(12)6-9(10)14/h5-6,16H,2-4H2,1H3. The SMILES string of the molecule is CCN(CCO)C(=O)c1c(F)cc(F)cc1F. The fourth-order valence-corrected chi connectivity index (χ4v) is 1.43. The Labute approximate surface area is 96.5 Å². The normalized spacial score (nSPS) is 10.4. The van der Waals surface area contributed by atoms with Crippen LogP contribution in [0.3, 0.4) is 0 Å². The van der Waals surface area contributed by atoms with Gasteiger partial charge in [-0.3, -0.25) is 4.79 Å². The Kier molecular flexibility index (Phi) is 4.51. The van der Waals surface area contributed by atoms with Crippen molar-refractivity contribution < 1.29 is 23.1 Å². The number of carbonyl (C=O) groups excluding carboxylic acids is 1. The first-order valence-corrected chi connectivity index (χ1v) is 5.06. The number of likely N-dealkylation sites (N-methyl/N-ethyl adjacent to an activating group) is 1. The molecule has 17 heavy (non-hydrogen) atoms. The van der Waals surface area contributed by atoms with Crippen LogP contribution in [0.1, 0.15) is 17.3 Å². The van der Waals surface area contributed by atoms with Crippen molar-refractivity contribution in [2.24, 2.45) is 0 Å². The second kappa shape index (κ2) is 5.67. The summed E-state index contributed by atoms with van der Waals surface area (Å²) in [6, 6.07) is 0.895. The molecule has 1 rings (SSSR count). The fraction of sp³-hybridized carbons (Fsp3) is 0.364. The number of hydrogen-bond donors (Lipinski definition) is 1. The monoisotopic (exact) mass is 247 g/mol. The van der Waals surface area contributed by atoms with Crippen LogP contribution in [0.15, 0.2) is 12.1 Å². The van der Waals surface area contributed by atoms with E-state index in [1.807, 2.05) is 0 Å². The summed E-state index contributed by atoms with van der Waals surface area (Å²) >= 11 is 0. The third kappa shape index (κ3) is 2.97. The van der Waals surface area contributed by atoms with Gasteiger partial charge in [-0.05, 0) is 6.92 Å². The van der Waals surface area contributed by atoms with Crippen LogP contribution in [0.5, 0.6) is 0 Å². The molecule has 1 aromatic rings. The minimum absolute atomic E-state index is 0.0361. The van der Waals surface area contributed by atoms with Gasteiger partial charge in [-0.2, -0.15) is 0 Å². The lowest BCUT2D eigenvalue weighted by Gasteiger charge is -2.20. The molecule has 0 aliphatic rings. The van der Waals surface area contributed by atoms with Crippen molar-refractivity contribution >= 4 is 5.91 Å². The van der Waals surface area contributed by atoms with E-state index in [0.29, 0.717) is 12.1 Å². The Hall–Kier alpha value is -1.56. The molecule has 0 aliphatic heterocycles. The minimum atomic E-state index is -1.25. The van der Waals surface area contributed by atoms with Crippen LogP contribution >= 0.6 is 0 Å². The summed E-state index contributed by atoms with van der Waals surface area (Å²) in [6.07, 6.45) is 0. The van der Waals surface area contributed by atoms with E-state index in [1.165, 1.54) is 0 Å². The maximum absolute atomic E-state index is 13.3. The van der Waals surface area contributed by atoms with Gasteiger partial charge >= 0.3 is 0 Å². The van der Waals surface area contributed by atoms with Crippen LogP contribution < -0.4 is 0 Å². The molecule has 1 aromatic carbocycles. The van der Waals surface area contributed by atoms with Gasteiger partial charge in [0.15, 0.2) is 0 Å². The fourth-order valence-electron chi connectivity index (χ4n) is 1.43. The molecule has 94 valence electrons. The lowest BCUT2D eigenvalue weighted by atomic mass is 10.1. The molecule has 0 atom stereocenters. The number of rotatable bonds is 4. The first kappa shape index (κ1) is 13.5. The largest absolute Gasteiger partial charge is 0.395 e. The summed E-state index contributed by atoms with van der Waals surface area (Å²) in [5, 5.41) is 8.70. The van der Waals surface area contributed by atoms with E-state index in [2.05, 4.69) is 0 Å². The van der Waals surface area contributed by atoms with E-state index < -0.39 is 28.9 Å². The Balaban J connectivity index is 3.11. The Morgan fingerprint density at radius 2 is 1.82 bits per heavy atom. The number of nitrogens with zero attached hydrogens (tertiary/aromatic N) is 1. The predicted octanol–water partition coefficient (Wildman–Crippen LogP) is 1.56. The highest BCUT2D eigenvalue weighted by molar-refractivity contribution is 5.94. The van der Waals surface area contributed by atoms with Crippen molar-refractivity contribution in [3.05, 3.63) is 35.1 Å². The highest BCUT2D eigenvalue weighted by Crippen LogP contribution is 2.16. The van der Waals surface area contributed by atoms with Gasteiger partial charge in [0.2, 0.25) is 0 Å². The molecule has 0 unspecified atom stereocenters. The summed E-state index contributed by atoms with van der Waals surface area (Å²) in [6.45, 7) is 1.44. The van der Waals surface area contributed by atoms with Crippen molar-refractivity contribution in [1.29, 1.82) is 0 Å². The summed E-state index contributed by atoms with van der Waals surface area (Å²) in [4.78, 5) is 12.8. The predicted molar refractivity (Wildman–Crippen MR) is 55.0 cm³/mol. The van der Waals surface area contributed by atoms with Gasteiger partial charge in [-0.1, -0.05) is 0 Å². The topological polar surface area (TPSA) is 40.5 Å². The molecule has 0 spiro atoms. The number of halogens is 3. The Bertz CT molecular complexity index is 400. The van der Waals surface area contributed by atoms with Gasteiger partial charge in [0.05, 0.1) is 6.61 Å². The molecule has 0 saturated heterocycles. The van der Waals surface area contributed by atoms with Gasteiger partial charge in [0, 0.05) is 25.2 Å². The number of aliphatic hydroxyl groups is 1. The quantitative estimate of drug-likeness (QED) is 0.877. The summed E-state index contributed by atoms with van der Waals surface area (Å²) in [7, 11) is 0. The smallest absolute Gasteiger partial charge is 0.259 e. The van der Waals surface area contributed by atoms with Crippen molar-refractivity contribution in [1.82, 2.24) is 4.90 Å². The number of carbonyl (C=O) groups is 1. The van der Waals surface area contributed by atoms with Gasteiger partial charge in [-0.15, -0.1) is 0 Å². The molecule has 0 radical (unpaired) electrons. The first-order valence-electron chi connectivity index (χ1n) is 5.06. The van der Waals surface area contributed by atoms with Gasteiger partial charge in [0.25, 0.3) is 5.91 Å². The van der Waals surface area contributed by atoms with Crippen molar-refractivity contribution in [2.45, 2.75) is 6.92 Å². The zero-order chi connectivity index (χ0) is 13.0. The van der Waals surface area contributed by atoms with Gasteiger partial charge < -0.3 is 10.0 Å². The third-order valence-corrected chi connectivity index (χ3v) is 2.26. The highest BCUT2D eigenvalue weighted by Gasteiger charge is 2.22. The number of amides is 1. The van der Waals surface area contributed by atoms with Crippen LogP contribution in [0.4, 0.5) is 13.2 Å².